The Balaban J connectivity index is 0.907. The molecule has 0 aliphatic heterocycles. The van der Waals surface area contributed by atoms with Gasteiger partial charge in [0.2, 0.25) is 0 Å². The summed E-state index contributed by atoms with van der Waals surface area (Å²) in [5.74, 6) is 9.09. The van der Waals surface area contributed by atoms with E-state index in [1.54, 1.807) is 0 Å². The molecule has 0 heterocycles. The molecule has 0 N–H and O–H groups in total. The first-order valence-corrected chi connectivity index (χ1v) is 40.5. The molecular weight excluding hydrogens is 1300 g/mol. The van der Waals surface area contributed by atoms with Crippen LogP contribution in [0.15, 0.2) is 291 Å². The normalized spacial score (nSPS) is 12.4. The van der Waals surface area contributed by atoms with Gasteiger partial charge in [-0.25, -0.2) is 0 Å². The van der Waals surface area contributed by atoms with E-state index in [1.165, 1.54) is 100 Å². The van der Waals surface area contributed by atoms with E-state index in [-0.39, 0.29) is 0 Å². The third-order valence-electron chi connectivity index (χ3n) is 19.6. The minimum absolute atomic E-state index is 0.696. The van der Waals surface area contributed by atoms with Crippen LogP contribution >= 0.6 is 47.0 Å². The van der Waals surface area contributed by atoms with Crippen molar-refractivity contribution in [1.82, 2.24) is 0 Å². The Hall–Kier alpha value is -9.28. The van der Waals surface area contributed by atoms with Crippen molar-refractivity contribution in [3.05, 3.63) is 336 Å². The summed E-state index contributed by atoms with van der Waals surface area (Å²) in [6.07, 6.45) is 9.28. The van der Waals surface area contributed by atoms with E-state index in [4.69, 9.17) is 0 Å². The average Bonchev–Trinajstić information content (AvgIpc) is 1.51. The van der Waals surface area contributed by atoms with Gasteiger partial charge in [0.05, 0.1) is 5.41 Å². The highest BCUT2D eigenvalue weighted by Crippen LogP contribution is 2.64. The molecule has 2 aliphatic carbocycles. The lowest BCUT2D eigenvalue weighted by Crippen LogP contribution is -2.28. The second-order valence-electron chi connectivity index (χ2n) is 25.6. The van der Waals surface area contributed by atoms with Crippen LogP contribution in [0.25, 0.3) is 68.8 Å². The summed E-state index contributed by atoms with van der Waals surface area (Å²) in [6.45, 7) is 13.2. The summed E-state index contributed by atoms with van der Waals surface area (Å²) in [6, 6.07) is 109. The van der Waals surface area contributed by atoms with Crippen LogP contribution in [0.2, 0.25) is 0 Å². The Morgan fingerprint density at radius 1 is 0.248 bits per heavy atom. The van der Waals surface area contributed by atoms with Gasteiger partial charge in [0, 0.05) is 94.7 Å². The molecule has 12 aromatic rings. The first kappa shape index (κ1) is 68.8. The lowest BCUT2D eigenvalue weighted by Gasteiger charge is -2.31. The number of nitrogens with zero attached hydrogens (tertiary/aromatic N) is 4. The maximum atomic E-state index is 2.57. The van der Waals surface area contributed by atoms with E-state index in [2.05, 4.69) is 363 Å². The summed E-state index contributed by atoms with van der Waals surface area (Å²) in [5, 5.41) is 0. The molecule has 4 nitrogen and oxygen atoms in total. The summed E-state index contributed by atoms with van der Waals surface area (Å²) < 4.78 is 0. The van der Waals surface area contributed by atoms with Gasteiger partial charge in [-0.05, 0) is 233 Å². The van der Waals surface area contributed by atoms with E-state index in [1.807, 2.05) is 47.0 Å². The van der Waals surface area contributed by atoms with Gasteiger partial charge in [-0.3, -0.25) is 0 Å². The first-order chi connectivity index (χ1) is 49.9. The number of fused-ring (bicyclic) bond motifs is 10. The van der Waals surface area contributed by atoms with Gasteiger partial charge < -0.3 is 19.6 Å². The third-order valence-corrected chi connectivity index (χ3v) is 23.1. The number of benzene rings is 12. The molecule has 0 amide bonds. The monoisotopic (exact) mass is 1390 g/mol. The maximum absolute atomic E-state index is 2.57. The summed E-state index contributed by atoms with van der Waals surface area (Å²) >= 11 is 8.08. The van der Waals surface area contributed by atoms with E-state index in [0.29, 0.717) is 0 Å². The molecule has 2 aliphatic rings. The molecule has 0 radical (unpaired) electrons. The molecule has 0 unspecified atom stereocenters. The van der Waals surface area contributed by atoms with Gasteiger partial charge in [-0.1, -0.05) is 222 Å². The molecular formula is C93H88N4S4. The van der Waals surface area contributed by atoms with Crippen molar-refractivity contribution in [2.75, 3.05) is 91.8 Å². The Bertz CT molecular complexity index is 4350. The molecule has 0 saturated carbocycles. The Morgan fingerprint density at radius 3 is 0.802 bits per heavy atom. The van der Waals surface area contributed by atoms with Crippen LogP contribution < -0.4 is 19.6 Å². The largest absolute Gasteiger partial charge is 0.370 e. The number of para-hydroxylation sites is 4. The van der Waals surface area contributed by atoms with E-state index in [0.717, 1.165) is 106 Å². The molecule has 0 atom stereocenters. The van der Waals surface area contributed by atoms with Crippen molar-refractivity contribution in [3.63, 3.8) is 0 Å². The smallest absolute Gasteiger partial charge is 0.0726 e. The Labute approximate surface area is 617 Å². The van der Waals surface area contributed by atoms with Crippen LogP contribution in [0, 0.1) is 0 Å². The number of rotatable bonds is 30. The fourth-order valence-corrected chi connectivity index (χ4v) is 17.2. The SMILES string of the molecule is CCSCCN(CCSCC)c1ccc(/C=C\c2ccc3c(c2)C2(c4cc(/C=C\c5ccc(N(CCSCC)CCSCC)cc5)ccc4-3)c3cc(-c4ccc(N(c5ccccc5)c5ccccc5)cc4)ccc3-c3ccc(-c4ccc(N(c5ccccc5)c5ccccc5)cc4)cc32)cc1. The Morgan fingerprint density at radius 2 is 0.495 bits per heavy atom. The number of hydrogen-bond acceptors (Lipinski definition) is 8. The van der Waals surface area contributed by atoms with Crippen molar-refractivity contribution in [3.8, 4) is 44.5 Å². The van der Waals surface area contributed by atoms with Gasteiger partial charge in [-0.15, -0.1) is 0 Å². The average molecular weight is 1390 g/mol. The predicted molar refractivity (Wildman–Crippen MR) is 450 cm³/mol. The number of anilines is 8. The van der Waals surface area contributed by atoms with Crippen LogP contribution in [0.3, 0.4) is 0 Å². The second kappa shape index (κ2) is 33.0. The van der Waals surface area contributed by atoms with Crippen molar-refractivity contribution < 1.29 is 0 Å². The zero-order valence-electron chi connectivity index (χ0n) is 58.4. The lowest BCUT2D eigenvalue weighted by molar-refractivity contribution is 0.794. The second-order valence-corrected chi connectivity index (χ2v) is 31.2. The van der Waals surface area contributed by atoms with E-state index in [9.17, 15) is 0 Å². The van der Waals surface area contributed by atoms with Crippen molar-refractivity contribution >= 4 is 117 Å². The van der Waals surface area contributed by atoms with Crippen LogP contribution in [-0.4, -0.2) is 72.2 Å². The van der Waals surface area contributed by atoms with Gasteiger partial charge in [0.25, 0.3) is 0 Å². The van der Waals surface area contributed by atoms with Gasteiger partial charge in [-0.2, -0.15) is 47.0 Å². The molecule has 0 aromatic heterocycles. The summed E-state index contributed by atoms with van der Waals surface area (Å²) in [4.78, 5) is 9.83. The zero-order valence-corrected chi connectivity index (χ0v) is 61.7. The fraction of sp³-hybridized carbons (Fsp3) is 0.183. The standard InChI is InChI=1S/C93H88N4S4/c1-5-98-61-57-94(58-62-99-6-2)77-45-33-69(34-46-77)29-31-71-37-53-85-86-54-38-72(32-30-70-35-47-78(48-36-70)95(59-63-100-7-3)60-64-101-8-4)66-90(86)93(89(85)65-71)91-67-75(73-39-49-83(50-40-73)96(79-21-13-9-14-22-79)80-23-15-10-16-24-80)43-55-87(91)88-56-44-76(68-92(88)93)74-41-51-84(52-42-74)97(81-25-17-11-18-26-81)82-27-19-12-20-28-82/h9-56,65-68H,5-8,57-64H2,1-4H3/b31-29-,32-30-. The lowest BCUT2D eigenvalue weighted by atomic mass is 9.69. The molecule has 8 heteroatoms. The van der Waals surface area contributed by atoms with E-state index < -0.39 is 5.41 Å². The molecule has 101 heavy (non-hydrogen) atoms. The third kappa shape index (κ3) is 15.2. The molecule has 12 aromatic carbocycles. The molecule has 14 rings (SSSR count). The number of thioether (sulfide) groups is 4. The summed E-state index contributed by atoms with van der Waals surface area (Å²) in [5.41, 5.74) is 28.2. The minimum atomic E-state index is -0.696. The Kier molecular flexibility index (Phi) is 22.5. The molecule has 0 fully saturated rings. The van der Waals surface area contributed by atoms with Gasteiger partial charge in [0.15, 0.2) is 0 Å². The first-order valence-electron chi connectivity index (χ1n) is 35.9. The molecule has 0 bridgehead atoms. The fourth-order valence-electron chi connectivity index (χ4n) is 14.6. The summed E-state index contributed by atoms with van der Waals surface area (Å²) in [7, 11) is 0. The van der Waals surface area contributed by atoms with Crippen molar-refractivity contribution in [1.29, 1.82) is 0 Å². The quantitative estimate of drug-likeness (QED) is 0.0322. The van der Waals surface area contributed by atoms with Crippen LogP contribution in [0.1, 0.15) is 72.2 Å². The highest BCUT2D eigenvalue weighted by molar-refractivity contribution is 7.99. The highest BCUT2D eigenvalue weighted by atomic mass is 32.2. The highest BCUT2D eigenvalue weighted by Gasteiger charge is 2.52. The topological polar surface area (TPSA) is 13.0 Å². The van der Waals surface area contributed by atoms with Crippen molar-refractivity contribution in [2.45, 2.75) is 33.1 Å². The number of hydrogen-bond donors (Lipinski definition) is 0. The molecule has 0 saturated heterocycles. The maximum Gasteiger partial charge on any atom is 0.0726 e. The van der Waals surface area contributed by atoms with Crippen LogP contribution in [-0.2, 0) is 5.41 Å². The van der Waals surface area contributed by atoms with Crippen LogP contribution in [0.4, 0.5) is 45.5 Å². The van der Waals surface area contributed by atoms with Gasteiger partial charge >= 0.3 is 0 Å². The molecule has 504 valence electrons. The van der Waals surface area contributed by atoms with E-state index >= 15 is 0 Å². The minimum Gasteiger partial charge on any atom is -0.370 e. The van der Waals surface area contributed by atoms with Crippen molar-refractivity contribution in [2.24, 2.45) is 0 Å². The van der Waals surface area contributed by atoms with Crippen LogP contribution in [0.5, 0.6) is 0 Å². The van der Waals surface area contributed by atoms with Gasteiger partial charge in [0.1, 0.15) is 0 Å². The zero-order chi connectivity index (χ0) is 68.7. The predicted octanol–water partition coefficient (Wildman–Crippen LogP) is 25.3. The molecule has 1 spiro atoms.